The Balaban J connectivity index is 1.97. The molecule has 0 atom stereocenters. The average Bonchev–Trinajstić information content (AvgIpc) is 2.39. The standard InChI is InChI=1S/C16H19N3O/c1-19(2)15-8-6-14(7-9-15)18-16(20)11-12-4-3-5-13(17)10-12/h3-10H,11,17H2,1-2H3,(H,18,20). The van der Waals surface area contributed by atoms with Crippen LogP contribution in [0.25, 0.3) is 0 Å². The van der Waals surface area contributed by atoms with Crippen molar-refractivity contribution in [3.8, 4) is 0 Å². The Morgan fingerprint density at radius 3 is 2.45 bits per heavy atom. The first-order valence-electron chi connectivity index (χ1n) is 6.46. The predicted octanol–water partition coefficient (Wildman–Crippen LogP) is 2.52. The largest absolute Gasteiger partial charge is 0.399 e. The van der Waals surface area contributed by atoms with E-state index in [0.717, 1.165) is 16.9 Å². The smallest absolute Gasteiger partial charge is 0.228 e. The minimum absolute atomic E-state index is 0.0480. The topological polar surface area (TPSA) is 58.4 Å². The Bertz CT molecular complexity index is 591. The van der Waals surface area contributed by atoms with Crippen LogP contribution in [0.15, 0.2) is 48.5 Å². The van der Waals surface area contributed by atoms with E-state index in [1.54, 1.807) is 6.07 Å². The highest BCUT2D eigenvalue weighted by molar-refractivity contribution is 5.92. The van der Waals surface area contributed by atoms with Crippen LogP contribution in [0.4, 0.5) is 17.1 Å². The summed E-state index contributed by atoms with van der Waals surface area (Å²) in [5.41, 5.74) is 9.17. The molecule has 0 aliphatic carbocycles. The fourth-order valence-electron chi connectivity index (χ4n) is 1.94. The number of carbonyl (C=O) groups excluding carboxylic acids is 1. The molecule has 2 rings (SSSR count). The van der Waals surface area contributed by atoms with Gasteiger partial charge in [0.05, 0.1) is 6.42 Å². The normalized spacial score (nSPS) is 10.1. The van der Waals surface area contributed by atoms with Crippen LogP contribution in [0.3, 0.4) is 0 Å². The number of nitrogen functional groups attached to an aromatic ring is 1. The van der Waals surface area contributed by atoms with E-state index in [2.05, 4.69) is 5.32 Å². The molecule has 0 radical (unpaired) electrons. The maximum absolute atomic E-state index is 11.9. The maximum Gasteiger partial charge on any atom is 0.228 e. The number of hydrogen-bond acceptors (Lipinski definition) is 3. The van der Waals surface area contributed by atoms with Crippen LogP contribution >= 0.6 is 0 Å². The number of hydrogen-bond donors (Lipinski definition) is 2. The van der Waals surface area contributed by atoms with Crippen LogP contribution in [0, 0.1) is 0 Å². The van der Waals surface area contributed by atoms with E-state index < -0.39 is 0 Å². The lowest BCUT2D eigenvalue weighted by molar-refractivity contribution is -0.115. The predicted molar refractivity (Wildman–Crippen MR) is 84.0 cm³/mol. The summed E-state index contributed by atoms with van der Waals surface area (Å²) in [4.78, 5) is 14.0. The summed E-state index contributed by atoms with van der Waals surface area (Å²) in [7, 11) is 3.96. The van der Waals surface area contributed by atoms with Gasteiger partial charge in [-0.25, -0.2) is 0 Å². The number of nitrogens with two attached hydrogens (primary N) is 1. The van der Waals surface area contributed by atoms with Gasteiger partial charge in [-0.1, -0.05) is 12.1 Å². The quantitative estimate of drug-likeness (QED) is 0.838. The summed E-state index contributed by atoms with van der Waals surface area (Å²) < 4.78 is 0. The van der Waals surface area contributed by atoms with Crippen LogP contribution in [0.5, 0.6) is 0 Å². The molecule has 4 heteroatoms. The summed E-state index contributed by atoms with van der Waals surface area (Å²) >= 11 is 0. The lowest BCUT2D eigenvalue weighted by Gasteiger charge is -2.13. The number of carbonyl (C=O) groups is 1. The summed E-state index contributed by atoms with van der Waals surface area (Å²) in [6.45, 7) is 0. The Hall–Kier alpha value is -2.49. The first-order chi connectivity index (χ1) is 9.54. The van der Waals surface area contributed by atoms with Crippen LogP contribution < -0.4 is 16.0 Å². The molecule has 0 aliphatic rings. The Labute approximate surface area is 119 Å². The molecular formula is C16H19N3O. The van der Waals surface area contributed by atoms with Crippen LogP contribution in [-0.4, -0.2) is 20.0 Å². The second-order valence-corrected chi connectivity index (χ2v) is 4.91. The molecule has 104 valence electrons. The van der Waals surface area contributed by atoms with E-state index in [1.165, 1.54) is 0 Å². The van der Waals surface area contributed by atoms with E-state index >= 15 is 0 Å². The molecule has 1 amide bonds. The molecule has 0 bridgehead atoms. The van der Waals surface area contributed by atoms with Crippen molar-refractivity contribution in [3.05, 3.63) is 54.1 Å². The minimum atomic E-state index is -0.0480. The molecular weight excluding hydrogens is 250 g/mol. The molecule has 0 fully saturated rings. The fourth-order valence-corrected chi connectivity index (χ4v) is 1.94. The molecule has 0 unspecified atom stereocenters. The highest BCUT2D eigenvalue weighted by atomic mass is 16.1. The van der Waals surface area contributed by atoms with Gasteiger partial charge in [0, 0.05) is 31.2 Å². The van der Waals surface area contributed by atoms with Gasteiger partial charge in [0.15, 0.2) is 0 Å². The molecule has 0 aromatic heterocycles. The van der Waals surface area contributed by atoms with Crippen molar-refractivity contribution in [1.82, 2.24) is 0 Å². The van der Waals surface area contributed by atoms with E-state index in [0.29, 0.717) is 12.1 Å². The molecule has 2 aromatic rings. The number of nitrogens with zero attached hydrogens (tertiary/aromatic N) is 1. The van der Waals surface area contributed by atoms with Gasteiger partial charge in [0.25, 0.3) is 0 Å². The molecule has 0 saturated heterocycles. The first-order valence-corrected chi connectivity index (χ1v) is 6.46. The van der Waals surface area contributed by atoms with Gasteiger partial charge in [-0.05, 0) is 42.0 Å². The maximum atomic E-state index is 11.9. The first kappa shape index (κ1) is 13.9. The van der Waals surface area contributed by atoms with Crippen LogP contribution in [0.2, 0.25) is 0 Å². The van der Waals surface area contributed by atoms with Crippen molar-refractivity contribution < 1.29 is 4.79 Å². The summed E-state index contributed by atoms with van der Waals surface area (Å²) in [6, 6.07) is 15.1. The van der Waals surface area contributed by atoms with Crippen molar-refractivity contribution in [2.75, 3.05) is 30.0 Å². The molecule has 2 aromatic carbocycles. The van der Waals surface area contributed by atoms with Gasteiger partial charge in [-0.15, -0.1) is 0 Å². The third-order valence-corrected chi connectivity index (χ3v) is 2.98. The van der Waals surface area contributed by atoms with Gasteiger partial charge < -0.3 is 16.0 Å². The van der Waals surface area contributed by atoms with Crippen molar-refractivity contribution in [1.29, 1.82) is 0 Å². The van der Waals surface area contributed by atoms with Crippen LogP contribution in [0.1, 0.15) is 5.56 Å². The fraction of sp³-hybridized carbons (Fsp3) is 0.188. The molecule has 0 saturated carbocycles. The van der Waals surface area contributed by atoms with E-state index in [1.807, 2.05) is 61.5 Å². The number of anilines is 3. The third-order valence-electron chi connectivity index (χ3n) is 2.98. The second-order valence-electron chi connectivity index (χ2n) is 4.91. The number of rotatable bonds is 4. The molecule has 0 aliphatic heterocycles. The Morgan fingerprint density at radius 2 is 1.85 bits per heavy atom. The monoisotopic (exact) mass is 269 g/mol. The van der Waals surface area contributed by atoms with E-state index in [-0.39, 0.29) is 5.91 Å². The number of nitrogens with one attached hydrogen (secondary N) is 1. The summed E-state index contributed by atoms with van der Waals surface area (Å²) in [5, 5.41) is 2.88. The lowest BCUT2D eigenvalue weighted by Crippen LogP contribution is -2.14. The third kappa shape index (κ3) is 3.75. The van der Waals surface area contributed by atoms with Crippen molar-refractivity contribution in [3.63, 3.8) is 0 Å². The van der Waals surface area contributed by atoms with Gasteiger partial charge in [0.2, 0.25) is 5.91 Å². The molecule has 3 N–H and O–H groups in total. The minimum Gasteiger partial charge on any atom is -0.399 e. The SMILES string of the molecule is CN(C)c1ccc(NC(=O)Cc2cccc(N)c2)cc1. The summed E-state index contributed by atoms with van der Waals surface area (Å²) in [5.74, 6) is -0.0480. The van der Waals surface area contributed by atoms with Crippen molar-refractivity contribution in [2.24, 2.45) is 0 Å². The molecule has 0 spiro atoms. The lowest BCUT2D eigenvalue weighted by atomic mass is 10.1. The Kier molecular flexibility index (Phi) is 4.25. The molecule has 4 nitrogen and oxygen atoms in total. The number of benzene rings is 2. The zero-order chi connectivity index (χ0) is 14.5. The average molecular weight is 269 g/mol. The summed E-state index contributed by atoms with van der Waals surface area (Å²) in [6.07, 6.45) is 0.320. The van der Waals surface area contributed by atoms with Gasteiger partial charge in [0.1, 0.15) is 0 Å². The second kappa shape index (κ2) is 6.10. The Morgan fingerprint density at radius 1 is 1.15 bits per heavy atom. The molecule has 0 heterocycles. The van der Waals surface area contributed by atoms with E-state index in [9.17, 15) is 4.79 Å². The van der Waals surface area contributed by atoms with Crippen molar-refractivity contribution in [2.45, 2.75) is 6.42 Å². The van der Waals surface area contributed by atoms with Crippen LogP contribution in [-0.2, 0) is 11.2 Å². The van der Waals surface area contributed by atoms with Crippen molar-refractivity contribution >= 4 is 23.0 Å². The highest BCUT2D eigenvalue weighted by Gasteiger charge is 2.04. The zero-order valence-corrected chi connectivity index (χ0v) is 11.8. The number of amides is 1. The molecule has 20 heavy (non-hydrogen) atoms. The highest BCUT2D eigenvalue weighted by Crippen LogP contribution is 2.16. The van der Waals surface area contributed by atoms with Gasteiger partial charge in [-0.3, -0.25) is 4.79 Å². The van der Waals surface area contributed by atoms with E-state index in [4.69, 9.17) is 5.73 Å². The van der Waals surface area contributed by atoms with Gasteiger partial charge in [-0.2, -0.15) is 0 Å². The zero-order valence-electron chi connectivity index (χ0n) is 11.8. The van der Waals surface area contributed by atoms with Gasteiger partial charge >= 0.3 is 0 Å².